The van der Waals surface area contributed by atoms with E-state index < -0.39 is 0 Å². The van der Waals surface area contributed by atoms with E-state index in [2.05, 4.69) is 45.9 Å². The van der Waals surface area contributed by atoms with E-state index in [1.165, 1.54) is 36.0 Å². The number of unbranched alkanes of at least 4 members (excludes halogenated alkanes) is 1. The molecule has 128 valence electrons. The van der Waals surface area contributed by atoms with Crippen molar-refractivity contribution >= 4 is 0 Å². The highest BCUT2D eigenvalue weighted by Crippen LogP contribution is 2.12. The minimum Gasteiger partial charge on any atom is -0.356 e. The molecule has 0 fully saturated rings. The normalized spacial score (nSPS) is 12.6. The summed E-state index contributed by atoms with van der Waals surface area (Å²) in [6.45, 7) is 12.7. The number of hydrogen-bond acceptors (Lipinski definition) is 2. The first-order valence-corrected chi connectivity index (χ1v) is 8.66. The Hall–Kier alpha value is -0.860. The second-order valence-corrected chi connectivity index (χ2v) is 6.12. The lowest BCUT2D eigenvalue weighted by Crippen LogP contribution is -2.00. The van der Waals surface area contributed by atoms with Crippen LogP contribution < -0.4 is 0 Å². The van der Waals surface area contributed by atoms with E-state index in [9.17, 15) is 0 Å². The highest BCUT2D eigenvalue weighted by atomic mass is 16.7. The Morgan fingerprint density at radius 1 is 0.773 bits per heavy atom. The predicted molar refractivity (Wildman–Crippen MR) is 97.1 cm³/mol. The second-order valence-electron chi connectivity index (χ2n) is 6.12. The second kappa shape index (κ2) is 15.1. The van der Waals surface area contributed by atoms with Gasteiger partial charge in [0.05, 0.1) is 0 Å². The third kappa shape index (κ3) is 15.5. The largest absolute Gasteiger partial charge is 0.356 e. The first-order chi connectivity index (χ1) is 10.6. The standard InChI is InChI=1S/C20H36O2/c1-6-21-17-22-16-8-7-12-19(4)14-10-15-20(5)13-9-11-18(2)3/h11-12,15H,6-10,13-14,16-17H2,1-5H3. The monoisotopic (exact) mass is 308 g/mol. The molecule has 0 rings (SSSR count). The number of rotatable bonds is 13. The molecule has 0 spiro atoms. The first kappa shape index (κ1) is 21.1. The topological polar surface area (TPSA) is 18.5 Å². The van der Waals surface area contributed by atoms with E-state index in [1.807, 2.05) is 6.92 Å². The van der Waals surface area contributed by atoms with Crippen LogP contribution in [0.1, 0.15) is 73.1 Å². The summed E-state index contributed by atoms with van der Waals surface area (Å²) in [5, 5.41) is 0. The highest BCUT2D eigenvalue weighted by Gasteiger charge is 1.93. The molecule has 22 heavy (non-hydrogen) atoms. The molecule has 2 heteroatoms. The van der Waals surface area contributed by atoms with E-state index in [0.29, 0.717) is 6.79 Å². The van der Waals surface area contributed by atoms with Crippen molar-refractivity contribution in [3.05, 3.63) is 34.9 Å². The van der Waals surface area contributed by atoms with Gasteiger partial charge in [0.15, 0.2) is 0 Å². The van der Waals surface area contributed by atoms with Gasteiger partial charge in [0.2, 0.25) is 0 Å². The SMILES string of the molecule is CCOCOCCCC=C(C)CCC=C(C)CCC=C(C)C. The summed E-state index contributed by atoms with van der Waals surface area (Å²) in [5.74, 6) is 0. The van der Waals surface area contributed by atoms with Crippen LogP contribution in [0.15, 0.2) is 34.9 Å². The van der Waals surface area contributed by atoms with E-state index in [1.54, 1.807) is 0 Å². The molecule has 0 amide bonds. The molecular formula is C20H36O2. The van der Waals surface area contributed by atoms with Crippen molar-refractivity contribution in [2.24, 2.45) is 0 Å². The van der Waals surface area contributed by atoms with Gasteiger partial charge in [-0.2, -0.15) is 0 Å². The molecule has 0 unspecified atom stereocenters. The van der Waals surface area contributed by atoms with Gasteiger partial charge in [0, 0.05) is 13.2 Å². The zero-order chi connectivity index (χ0) is 16.6. The summed E-state index contributed by atoms with van der Waals surface area (Å²) < 4.78 is 10.5. The zero-order valence-electron chi connectivity index (χ0n) is 15.4. The Morgan fingerprint density at radius 3 is 1.95 bits per heavy atom. The third-order valence-corrected chi connectivity index (χ3v) is 3.48. The summed E-state index contributed by atoms with van der Waals surface area (Å²) in [4.78, 5) is 0. The lowest BCUT2D eigenvalue weighted by Gasteiger charge is -2.03. The van der Waals surface area contributed by atoms with Gasteiger partial charge in [-0.15, -0.1) is 0 Å². The summed E-state index contributed by atoms with van der Waals surface area (Å²) in [7, 11) is 0. The molecule has 0 aromatic heterocycles. The average molecular weight is 309 g/mol. The van der Waals surface area contributed by atoms with Crippen molar-refractivity contribution in [1.82, 2.24) is 0 Å². The Kier molecular flexibility index (Phi) is 14.5. The van der Waals surface area contributed by atoms with E-state index >= 15 is 0 Å². The Balaban J connectivity index is 3.67. The molecule has 0 heterocycles. The summed E-state index contributed by atoms with van der Waals surface area (Å²) in [6.07, 6.45) is 13.9. The highest BCUT2D eigenvalue weighted by molar-refractivity contribution is 5.05. The lowest BCUT2D eigenvalue weighted by atomic mass is 10.1. The van der Waals surface area contributed by atoms with Crippen LogP contribution in [0, 0.1) is 0 Å². The molecule has 0 N–H and O–H groups in total. The Bertz CT molecular complexity index is 347. The minimum absolute atomic E-state index is 0.427. The fourth-order valence-corrected chi connectivity index (χ4v) is 2.07. The van der Waals surface area contributed by atoms with Crippen LogP contribution in [0.2, 0.25) is 0 Å². The number of allylic oxidation sites excluding steroid dienone is 6. The lowest BCUT2D eigenvalue weighted by molar-refractivity contribution is -0.0496. The molecule has 0 bridgehead atoms. The quantitative estimate of drug-likeness (QED) is 0.229. The maximum Gasteiger partial charge on any atom is 0.146 e. The van der Waals surface area contributed by atoms with Gasteiger partial charge in [0.1, 0.15) is 6.79 Å². The number of hydrogen-bond donors (Lipinski definition) is 0. The van der Waals surface area contributed by atoms with Gasteiger partial charge in [-0.05, 0) is 73.1 Å². The van der Waals surface area contributed by atoms with Crippen molar-refractivity contribution in [2.45, 2.75) is 73.1 Å². The van der Waals surface area contributed by atoms with Crippen LogP contribution in [0.5, 0.6) is 0 Å². The van der Waals surface area contributed by atoms with Crippen molar-refractivity contribution in [3.8, 4) is 0 Å². The van der Waals surface area contributed by atoms with Crippen LogP contribution in [0.4, 0.5) is 0 Å². The zero-order valence-corrected chi connectivity index (χ0v) is 15.4. The van der Waals surface area contributed by atoms with Crippen LogP contribution in [-0.4, -0.2) is 20.0 Å². The Labute approximate surface area is 138 Å². The molecule has 0 saturated heterocycles. The van der Waals surface area contributed by atoms with Gasteiger partial charge in [-0.3, -0.25) is 0 Å². The van der Waals surface area contributed by atoms with E-state index in [0.717, 1.165) is 32.5 Å². The van der Waals surface area contributed by atoms with Crippen molar-refractivity contribution in [2.75, 3.05) is 20.0 Å². The molecular weight excluding hydrogens is 272 g/mol. The molecule has 0 aliphatic rings. The summed E-state index contributed by atoms with van der Waals surface area (Å²) in [5.41, 5.74) is 4.41. The maximum absolute atomic E-state index is 5.36. The van der Waals surface area contributed by atoms with Gasteiger partial charge >= 0.3 is 0 Å². The molecule has 0 atom stereocenters. The third-order valence-electron chi connectivity index (χ3n) is 3.48. The molecule has 0 aromatic carbocycles. The van der Waals surface area contributed by atoms with Gasteiger partial charge in [0.25, 0.3) is 0 Å². The van der Waals surface area contributed by atoms with Gasteiger partial charge in [-0.1, -0.05) is 34.9 Å². The summed E-state index contributed by atoms with van der Waals surface area (Å²) in [6, 6.07) is 0. The smallest absolute Gasteiger partial charge is 0.146 e. The van der Waals surface area contributed by atoms with Crippen LogP contribution >= 0.6 is 0 Å². The maximum atomic E-state index is 5.36. The Morgan fingerprint density at radius 2 is 1.36 bits per heavy atom. The van der Waals surface area contributed by atoms with Crippen molar-refractivity contribution in [3.63, 3.8) is 0 Å². The van der Waals surface area contributed by atoms with E-state index in [-0.39, 0.29) is 0 Å². The van der Waals surface area contributed by atoms with Crippen molar-refractivity contribution < 1.29 is 9.47 Å². The minimum atomic E-state index is 0.427. The fraction of sp³-hybridized carbons (Fsp3) is 0.700. The molecule has 0 aliphatic heterocycles. The van der Waals surface area contributed by atoms with Gasteiger partial charge < -0.3 is 9.47 Å². The van der Waals surface area contributed by atoms with Crippen LogP contribution in [0.25, 0.3) is 0 Å². The average Bonchev–Trinajstić information content (AvgIpc) is 2.46. The van der Waals surface area contributed by atoms with Crippen molar-refractivity contribution in [1.29, 1.82) is 0 Å². The first-order valence-electron chi connectivity index (χ1n) is 8.66. The number of ether oxygens (including phenoxy) is 2. The molecule has 0 saturated carbocycles. The molecule has 0 aliphatic carbocycles. The van der Waals surface area contributed by atoms with Crippen LogP contribution in [0.3, 0.4) is 0 Å². The summed E-state index contributed by atoms with van der Waals surface area (Å²) >= 11 is 0. The van der Waals surface area contributed by atoms with E-state index in [4.69, 9.17) is 9.47 Å². The van der Waals surface area contributed by atoms with Gasteiger partial charge in [-0.25, -0.2) is 0 Å². The molecule has 0 radical (unpaired) electrons. The molecule has 0 aromatic rings. The predicted octanol–water partition coefficient (Wildman–Crippen LogP) is 6.20. The van der Waals surface area contributed by atoms with Crippen LogP contribution in [-0.2, 0) is 9.47 Å². The fourth-order valence-electron chi connectivity index (χ4n) is 2.07. The molecule has 2 nitrogen and oxygen atoms in total.